The maximum Gasteiger partial charge on any atom is 0.159 e. The summed E-state index contributed by atoms with van der Waals surface area (Å²) in [6.07, 6.45) is 4.31. The van der Waals surface area contributed by atoms with Gasteiger partial charge in [0.05, 0.1) is 17.6 Å². The Hall–Kier alpha value is -2.62. The van der Waals surface area contributed by atoms with Gasteiger partial charge in [-0.1, -0.05) is 30.3 Å². The molecule has 0 N–H and O–H groups in total. The molecular weight excluding hydrogens is 236 g/mol. The highest BCUT2D eigenvalue weighted by Crippen LogP contribution is 2.18. The number of aromatic nitrogens is 4. The van der Waals surface area contributed by atoms with Crippen LogP contribution >= 0.6 is 0 Å². The van der Waals surface area contributed by atoms with E-state index in [9.17, 15) is 0 Å². The van der Waals surface area contributed by atoms with E-state index >= 15 is 0 Å². The average molecular weight is 251 g/mol. The van der Waals surface area contributed by atoms with Gasteiger partial charge in [-0.15, -0.1) is 0 Å². The molecule has 0 aliphatic heterocycles. The molecule has 2 heterocycles. The Labute approximate surface area is 115 Å². The minimum absolute atomic E-state index is 0.0337. The van der Waals surface area contributed by atoms with Gasteiger partial charge < -0.3 is 0 Å². The molecule has 3 rings (SSSR count). The second kappa shape index (κ2) is 4.94. The summed E-state index contributed by atoms with van der Waals surface area (Å²) in [5.41, 5.74) is 1.97. The number of hydrogen-bond donors (Lipinski definition) is 0. The monoisotopic (exact) mass is 251 g/mol. The van der Waals surface area contributed by atoms with Crippen molar-refractivity contribution in [1.82, 2.24) is 19.9 Å². The molecule has 19 heavy (non-hydrogen) atoms. The smallest absolute Gasteiger partial charge is 0.159 e. The van der Waals surface area contributed by atoms with Gasteiger partial charge in [0.25, 0.3) is 0 Å². The van der Waals surface area contributed by atoms with E-state index in [0.717, 1.165) is 5.56 Å². The lowest BCUT2D eigenvalue weighted by Crippen LogP contribution is -1.94. The zero-order chi connectivity index (χ0) is 15.6. The van der Waals surface area contributed by atoms with Crippen LogP contribution in [0.4, 0.5) is 0 Å². The first-order chi connectivity index (χ1) is 10.5. The topological polar surface area (TPSA) is 51.6 Å². The fourth-order valence-corrected chi connectivity index (χ4v) is 1.69. The zero-order valence-electron chi connectivity index (χ0n) is 13.0. The fourth-order valence-electron chi connectivity index (χ4n) is 1.69. The van der Waals surface area contributed by atoms with E-state index in [0.29, 0.717) is 17.2 Å². The predicted octanol–water partition coefficient (Wildman–Crippen LogP) is 2.91. The second-order valence-corrected chi connectivity index (χ2v) is 3.92. The Morgan fingerprint density at radius 3 is 2.53 bits per heavy atom. The lowest BCUT2D eigenvalue weighted by Gasteiger charge is -2.03. The summed E-state index contributed by atoms with van der Waals surface area (Å²) in [7, 11) is 0. The Morgan fingerprint density at radius 1 is 0.895 bits per heavy atom. The van der Waals surface area contributed by atoms with Crippen LogP contribution in [-0.4, -0.2) is 19.9 Å². The Balaban J connectivity index is 1.96. The maximum atomic E-state index is 7.30. The van der Waals surface area contributed by atoms with Crippen LogP contribution in [0.3, 0.4) is 0 Å². The molecule has 0 spiro atoms. The van der Waals surface area contributed by atoms with Crippen molar-refractivity contribution in [3.8, 4) is 22.8 Å². The van der Waals surface area contributed by atoms with Gasteiger partial charge in [-0.05, 0) is 12.9 Å². The van der Waals surface area contributed by atoms with Crippen molar-refractivity contribution in [3.63, 3.8) is 0 Å². The summed E-state index contributed by atoms with van der Waals surface area (Å²) in [5, 5.41) is 0. The number of nitrogens with zero attached hydrogens (tertiary/aromatic N) is 4. The highest BCUT2D eigenvalue weighted by Gasteiger charge is 2.05. The van der Waals surface area contributed by atoms with E-state index in [-0.39, 0.29) is 5.69 Å². The van der Waals surface area contributed by atoms with Crippen molar-refractivity contribution in [2.24, 2.45) is 0 Å². The van der Waals surface area contributed by atoms with Gasteiger partial charge in [-0.3, -0.25) is 9.97 Å². The predicted molar refractivity (Wildman–Crippen MR) is 73.2 cm³/mol. The van der Waals surface area contributed by atoms with Gasteiger partial charge in [0.2, 0.25) is 0 Å². The Bertz CT molecular complexity index is 771. The molecule has 4 nitrogen and oxygen atoms in total. The van der Waals surface area contributed by atoms with Gasteiger partial charge in [0, 0.05) is 22.1 Å². The molecule has 2 aromatic heterocycles. The number of benzene rings is 1. The van der Waals surface area contributed by atoms with Crippen LogP contribution in [0.15, 0.2) is 55.0 Å². The van der Waals surface area contributed by atoms with Crippen LogP contribution < -0.4 is 0 Å². The van der Waals surface area contributed by atoms with Crippen LogP contribution in [0.25, 0.3) is 22.8 Å². The molecule has 0 bridgehead atoms. The lowest BCUT2D eigenvalue weighted by atomic mass is 10.2. The van der Waals surface area contributed by atoms with Crippen molar-refractivity contribution in [3.05, 3.63) is 60.7 Å². The van der Waals surface area contributed by atoms with Gasteiger partial charge in [-0.25, -0.2) is 9.97 Å². The largest absolute Gasteiger partial charge is 0.258 e. The first-order valence-electron chi connectivity index (χ1n) is 7.25. The molecule has 0 unspecified atom stereocenters. The van der Waals surface area contributed by atoms with E-state index in [1.54, 1.807) is 12.3 Å². The molecule has 0 saturated heterocycles. The van der Waals surface area contributed by atoms with Crippen molar-refractivity contribution in [2.75, 3.05) is 0 Å². The molecule has 0 aliphatic rings. The first-order valence-corrected chi connectivity index (χ1v) is 5.75. The second-order valence-electron chi connectivity index (χ2n) is 3.92. The van der Waals surface area contributed by atoms with E-state index in [4.69, 9.17) is 4.11 Å². The van der Waals surface area contributed by atoms with Crippen molar-refractivity contribution < 1.29 is 4.11 Å². The normalized spacial score (nSPS) is 13.4. The fraction of sp³-hybridized carbons (Fsp3) is 0.0667. The molecule has 0 atom stereocenters. The highest BCUT2D eigenvalue weighted by atomic mass is 14.9. The number of hydrogen-bond acceptors (Lipinski definition) is 4. The van der Waals surface area contributed by atoms with Crippen molar-refractivity contribution >= 4 is 0 Å². The average Bonchev–Trinajstić information content (AvgIpc) is 2.55. The molecule has 92 valence electrons. The van der Waals surface area contributed by atoms with Crippen LogP contribution in [-0.2, 0) is 0 Å². The molecule has 0 fully saturated rings. The van der Waals surface area contributed by atoms with Gasteiger partial charge >= 0.3 is 0 Å². The first kappa shape index (κ1) is 8.48. The van der Waals surface area contributed by atoms with Gasteiger partial charge in [0.15, 0.2) is 5.82 Å². The third-order valence-corrected chi connectivity index (χ3v) is 2.60. The third kappa shape index (κ3) is 2.47. The van der Waals surface area contributed by atoms with E-state index in [2.05, 4.69) is 19.9 Å². The minimum Gasteiger partial charge on any atom is -0.258 e. The van der Waals surface area contributed by atoms with Crippen LogP contribution in [0.5, 0.6) is 0 Å². The van der Waals surface area contributed by atoms with E-state index in [1.807, 2.05) is 30.3 Å². The Kier molecular flexibility index (Phi) is 2.20. The highest BCUT2D eigenvalue weighted by molar-refractivity contribution is 5.60. The molecule has 0 saturated carbocycles. The van der Waals surface area contributed by atoms with Crippen molar-refractivity contribution in [1.29, 1.82) is 0 Å². The molecule has 1 aromatic carbocycles. The van der Waals surface area contributed by atoms with Gasteiger partial charge in [-0.2, -0.15) is 0 Å². The van der Waals surface area contributed by atoms with Crippen molar-refractivity contribution in [2.45, 2.75) is 6.85 Å². The van der Waals surface area contributed by atoms with Crippen LogP contribution in [0, 0.1) is 6.85 Å². The number of rotatable bonds is 2. The third-order valence-electron chi connectivity index (χ3n) is 2.60. The van der Waals surface area contributed by atoms with E-state index < -0.39 is 6.85 Å². The summed E-state index contributed by atoms with van der Waals surface area (Å²) in [6, 6.07) is 11.3. The maximum absolute atomic E-state index is 7.30. The summed E-state index contributed by atoms with van der Waals surface area (Å²) in [6.45, 7) is -2.26. The molecule has 4 heteroatoms. The zero-order valence-corrected chi connectivity index (χ0v) is 9.99. The van der Waals surface area contributed by atoms with Crippen LogP contribution in [0.1, 0.15) is 9.81 Å². The van der Waals surface area contributed by atoms with Crippen LogP contribution in [0.2, 0.25) is 0 Å². The summed E-state index contributed by atoms with van der Waals surface area (Å²) < 4.78 is 21.9. The molecule has 3 aromatic rings. The summed E-state index contributed by atoms with van der Waals surface area (Å²) >= 11 is 0. The molecular formula is C15H12N4. The van der Waals surface area contributed by atoms with Gasteiger partial charge in [0.1, 0.15) is 5.69 Å². The van der Waals surface area contributed by atoms with E-state index in [1.165, 1.54) is 12.4 Å². The molecule has 0 radical (unpaired) electrons. The quantitative estimate of drug-likeness (QED) is 0.702. The standard InChI is InChI=1S/C15H12N4/c1-11-9-18-14(10-17-11)13-7-8-16-15(19-13)12-5-3-2-4-6-12/h2-10H,1H3/i1D3. The molecule has 0 aliphatic carbocycles. The Morgan fingerprint density at radius 2 is 1.79 bits per heavy atom. The number of aryl methyl sites for hydroxylation is 1. The summed E-state index contributed by atoms with van der Waals surface area (Å²) in [5.74, 6) is 0.583. The molecule has 0 amide bonds. The lowest BCUT2D eigenvalue weighted by molar-refractivity contribution is 1.10. The SMILES string of the molecule is [2H]C([2H])([2H])c1cnc(-c2ccnc(-c3ccccc3)n2)cn1. The summed E-state index contributed by atoms with van der Waals surface area (Å²) in [4.78, 5) is 16.8. The minimum atomic E-state index is -2.26.